The molecular weight excluding hydrogens is 300 g/mol. The van der Waals surface area contributed by atoms with Crippen molar-refractivity contribution in [3.8, 4) is 0 Å². The van der Waals surface area contributed by atoms with E-state index in [1.807, 2.05) is 6.92 Å². The molecule has 1 aromatic carbocycles. The Morgan fingerprint density at radius 2 is 2.33 bits per heavy atom. The van der Waals surface area contributed by atoms with Crippen LogP contribution in [0.15, 0.2) is 16.6 Å². The number of anilines is 2. The van der Waals surface area contributed by atoms with Gasteiger partial charge in [0.2, 0.25) is 0 Å². The van der Waals surface area contributed by atoms with E-state index < -0.39 is 5.97 Å². The molecule has 3 N–H and O–H groups in total. The van der Waals surface area contributed by atoms with Gasteiger partial charge >= 0.3 is 5.97 Å². The largest absolute Gasteiger partial charge is 0.478 e. The van der Waals surface area contributed by atoms with Crippen LogP contribution in [-0.2, 0) is 4.74 Å². The molecule has 0 aromatic heterocycles. The first-order valence-corrected chi connectivity index (χ1v) is 6.47. The predicted octanol–water partition coefficient (Wildman–Crippen LogP) is 1.95. The molecule has 1 aliphatic heterocycles. The Kier molecular flexibility index (Phi) is 3.77. The van der Waals surface area contributed by atoms with Crippen molar-refractivity contribution in [2.45, 2.75) is 13.0 Å². The van der Waals surface area contributed by atoms with E-state index >= 15 is 0 Å². The van der Waals surface area contributed by atoms with Gasteiger partial charge in [-0.3, -0.25) is 0 Å². The number of rotatable bonds is 2. The van der Waals surface area contributed by atoms with Gasteiger partial charge in [-0.05, 0) is 35.0 Å². The van der Waals surface area contributed by atoms with Crippen molar-refractivity contribution in [3.05, 3.63) is 22.2 Å². The number of nitrogens with zero attached hydrogens (tertiary/aromatic N) is 1. The molecule has 5 nitrogen and oxygen atoms in total. The summed E-state index contributed by atoms with van der Waals surface area (Å²) < 4.78 is 6.28. The number of nitrogen functional groups attached to an aromatic ring is 1. The Morgan fingerprint density at radius 1 is 1.61 bits per heavy atom. The number of carboxylic acid groups (broad SMARTS) is 1. The maximum atomic E-state index is 11.1. The molecule has 0 amide bonds. The van der Waals surface area contributed by atoms with E-state index in [9.17, 15) is 4.79 Å². The molecular formula is C12H15BrN2O3. The average Bonchev–Trinajstić information content (AvgIpc) is 2.28. The van der Waals surface area contributed by atoms with Gasteiger partial charge in [-0.25, -0.2) is 4.79 Å². The lowest BCUT2D eigenvalue weighted by molar-refractivity contribution is 0.0532. The summed E-state index contributed by atoms with van der Waals surface area (Å²) in [5.41, 5.74) is 6.93. The summed E-state index contributed by atoms with van der Waals surface area (Å²) in [6, 6.07) is 3.25. The van der Waals surface area contributed by atoms with Crippen molar-refractivity contribution in [2.75, 3.05) is 30.3 Å². The van der Waals surface area contributed by atoms with E-state index in [2.05, 4.69) is 20.8 Å². The Labute approximate surface area is 114 Å². The topological polar surface area (TPSA) is 75.8 Å². The second-order valence-electron chi connectivity index (χ2n) is 4.32. The van der Waals surface area contributed by atoms with Crippen LogP contribution in [0.3, 0.4) is 0 Å². The Balaban J connectivity index is 2.37. The number of ether oxygens (including phenoxy) is 1. The Morgan fingerprint density at radius 3 is 2.94 bits per heavy atom. The first kappa shape index (κ1) is 13.2. The number of nitrogens with two attached hydrogens (primary N) is 1. The van der Waals surface area contributed by atoms with Gasteiger partial charge in [-0.1, -0.05) is 0 Å². The summed E-state index contributed by atoms with van der Waals surface area (Å²) in [4.78, 5) is 13.2. The number of aromatic carboxylic acids is 1. The van der Waals surface area contributed by atoms with E-state index in [0.29, 0.717) is 6.61 Å². The van der Waals surface area contributed by atoms with Gasteiger partial charge in [-0.2, -0.15) is 0 Å². The van der Waals surface area contributed by atoms with Crippen LogP contribution < -0.4 is 10.6 Å². The van der Waals surface area contributed by atoms with Crippen molar-refractivity contribution < 1.29 is 14.6 Å². The van der Waals surface area contributed by atoms with Crippen molar-refractivity contribution in [1.82, 2.24) is 0 Å². The second kappa shape index (κ2) is 5.16. The summed E-state index contributed by atoms with van der Waals surface area (Å²) in [6.07, 6.45) is 0.136. The molecule has 1 heterocycles. The minimum absolute atomic E-state index is 0.132. The van der Waals surface area contributed by atoms with Crippen LogP contribution >= 0.6 is 15.9 Å². The highest BCUT2D eigenvalue weighted by molar-refractivity contribution is 9.10. The molecule has 1 fully saturated rings. The van der Waals surface area contributed by atoms with Gasteiger partial charge in [0.05, 0.1) is 24.0 Å². The molecule has 1 saturated heterocycles. The highest BCUT2D eigenvalue weighted by Gasteiger charge is 2.21. The highest BCUT2D eigenvalue weighted by atomic mass is 79.9. The fourth-order valence-corrected chi connectivity index (χ4v) is 2.65. The standard InChI is InChI=1S/C12H15BrN2O3/c1-7-6-15(2-3-18-7)11-4-8(12(16)17)10(14)5-9(11)13/h4-5,7H,2-3,6,14H2,1H3,(H,16,17). The van der Waals surface area contributed by atoms with Crippen molar-refractivity contribution in [3.63, 3.8) is 0 Å². The molecule has 18 heavy (non-hydrogen) atoms. The van der Waals surface area contributed by atoms with Gasteiger partial charge in [0, 0.05) is 23.2 Å². The summed E-state index contributed by atoms with van der Waals surface area (Å²) in [5.74, 6) is -1.01. The smallest absolute Gasteiger partial charge is 0.337 e. The van der Waals surface area contributed by atoms with Crippen molar-refractivity contribution >= 4 is 33.3 Å². The maximum Gasteiger partial charge on any atom is 0.337 e. The fourth-order valence-electron chi connectivity index (χ4n) is 2.04. The number of carbonyl (C=O) groups is 1. The fraction of sp³-hybridized carbons (Fsp3) is 0.417. The zero-order chi connectivity index (χ0) is 13.3. The number of benzene rings is 1. The lowest BCUT2D eigenvalue weighted by Gasteiger charge is -2.33. The van der Waals surface area contributed by atoms with Gasteiger partial charge in [0.1, 0.15) is 0 Å². The normalized spacial score (nSPS) is 19.9. The third-order valence-corrected chi connectivity index (χ3v) is 3.57. The monoisotopic (exact) mass is 314 g/mol. The van der Waals surface area contributed by atoms with E-state index in [1.54, 1.807) is 12.1 Å². The van der Waals surface area contributed by atoms with Crippen molar-refractivity contribution in [1.29, 1.82) is 0 Å². The molecule has 0 saturated carbocycles. The third kappa shape index (κ3) is 2.59. The maximum absolute atomic E-state index is 11.1. The first-order valence-electron chi connectivity index (χ1n) is 5.68. The van der Waals surface area contributed by atoms with Crippen LogP contribution in [0.1, 0.15) is 17.3 Å². The Hall–Kier alpha value is -1.27. The van der Waals surface area contributed by atoms with Crippen LogP contribution in [0.25, 0.3) is 0 Å². The van der Waals surface area contributed by atoms with Gasteiger partial charge in [0.25, 0.3) is 0 Å². The summed E-state index contributed by atoms with van der Waals surface area (Å²) in [6.45, 7) is 4.11. The van der Waals surface area contributed by atoms with Gasteiger partial charge in [-0.15, -0.1) is 0 Å². The molecule has 0 aliphatic carbocycles. The second-order valence-corrected chi connectivity index (χ2v) is 5.18. The first-order chi connectivity index (χ1) is 8.49. The SMILES string of the molecule is CC1CN(c2cc(C(=O)O)c(N)cc2Br)CCO1. The van der Waals surface area contributed by atoms with Crippen LogP contribution in [0.2, 0.25) is 0 Å². The predicted molar refractivity (Wildman–Crippen MR) is 73.1 cm³/mol. The van der Waals surface area contributed by atoms with Crippen LogP contribution in [0.5, 0.6) is 0 Å². The third-order valence-electron chi connectivity index (χ3n) is 2.93. The molecule has 0 radical (unpaired) electrons. The van der Waals surface area contributed by atoms with E-state index in [4.69, 9.17) is 15.6 Å². The van der Waals surface area contributed by atoms with Crippen LogP contribution in [0.4, 0.5) is 11.4 Å². The molecule has 2 rings (SSSR count). The molecule has 98 valence electrons. The molecule has 0 bridgehead atoms. The molecule has 1 aliphatic rings. The van der Waals surface area contributed by atoms with Crippen molar-refractivity contribution in [2.24, 2.45) is 0 Å². The van der Waals surface area contributed by atoms with Crippen LogP contribution in [-0.4, -0.2) is 36.9 Å². The molecule has 6 heteroatoms. The van der Waals surface area contributed by atoms with Gasteiger partial charge < -0.3 is 20.5 Å². The zero-order valence-electron chi connectivity index (χ0n) is 10.0. The van der Waals surface area contributed by atoms with Gasteiger partial charge in [0.15, 0.2) is 0 Å². The minimum Gasteiger partial charge on any atom is -0.478 e. The summed E-state index contributed by atoms with van der Waals surface area (Å²) in [7, 11) is 0. The summed E-state index contributed by atoms with van der Waals surface area (Å²) in [5, 5.41) is 9.09. The van der Waals surface area contributed by atoms with E-state index in [-0.39, 0.29) is 17.4 Å². The summed E-state index contributed by atoms with van der Waals surface area (Å²) >= 11 is 3.43. The zero-order valence-corrected chi connectivity index (χ0v) is 11.6. The molecule has 1 atom stereocenters. The lowest BCUT2D eigenvalue weighted by Crippen LogP contribution is -2.41. The molecule has 1 aromatic rings. The Bertz CT molecular complexity index is 479. The molecule has 1 unspecified atom stereocenters. The van der Waals surface area contributed by atoms with E-state index in [1.165, 1.54) is 0 Å². The van der Waals surface area contributed by atoms with Crippen LogP contribution in [0, 0.1) is 0 Å². The lowest BCUT2D eigenvalue weighted by atomic mass is 10.1. The number of morpholine rings is 1. The quantitative estimate of drug-likeness (QED) is 0.816. The average molecular weight is 315 g/mol. The number of halogens is 1. The number of hydrogen-bond acceptors (Lipinski definition) is 4. The highest BCUT2D eigenvalue weighted by Crippen LogP contribution is 2.32. The number of hydrogen-bond donors (Lipinski definition) is 2. The molecule has 0 spiro atoms. The number of carboxylic acids is 1. The minimum atomic E-state index is -1.01. The van der Waals surface area contributed by atoms with E-state index in [0.717, 1.165) is 23.2 Å².